The Bertz CT molecular complexity index is 624. The number of aromatic amines is 2. The third-order valence-corrected chi connectivity index (χ3v) is 4.21. The number of hydrogen-bond donors (Lipinski definition) is 4. The SMILES string of the molecule is CC(NCC1CCNCC1)c1ccc2[nH]c(=O)[nH]c2c1. The van der Waals surface area contributed by atoms with Crippen molar-refractivity contribution in [3.05, 3.63) is 34.2 Å². The average Bonchev–Trinajstić information content (AvgIpc) is 2.85. The van der Waals surface area contributed by atoms with E-state index in [2.05, 4.69) is 33.6 Å². The van der Waals surface area contributed by atoms with Gasteiger partial charge in [0.2, 0.25) is 0 Å². The number of hydrogen-bond acceptors (Lipinski definition) is 3. The van der Waals surface area contributed by atoms with Gasteiger partial charge in [0.1, 0.15) is 0 Å². The first-order valence-corrected chi connectivity index (χ1v) is 7.38. The van der Waals surface area contributed by atoms with Gasteiger partial charge in [-0.3, -0.25) is 0 Å². The minimum absolute atomic E-state index is 0.146. The Hall–Kier alpha value is -1.59. The van der Waals surface area contributed by atoms with Gasteiger partial charge in [0.25, 0.3) is 0 Å². The van der Waals surface area contributed by atoms with Crippen molar-refractivity contribution in [1.29, 1.82) is 0 Å². The number of aromatic nitrogens is 2. The Balaban J connectivity index is 1.65. The van der Waals surface area contributed by atoms with Gasteiger partial charge in [0, 0.05) is 6.04 Å². The van der Waals surface area contributed by atoms with Crippen LogP contribution in [-0.2, 0) is 0 Å². The molecule has 0 saturated carbocycles. The zero-order valence-electron chi connectivity index (χ0n) is 11.8. The molecule has 1 aromatic heterocycles. The minimum atomic E-state index is -0.146. The molecule has 108 valence electrons. The van der Waals surface area contributed by atoms with Crippen molar-refractivity contribution in [2.45, 2.75) is 25.8 Å². The van der Waals surface area contributed by atoms with Crippen LogP contribution in [0.3, 0.4) is 0 Å². The molecule has 1 saturated heterocycles. The molecule has 20 heavy (non-hydrogen) atoms. The molecule has 1 atom stereocenters. The van der Waals surface area contributed by atoms with Crippen LogP contribution in [0, 0.1) is 5.92 Å². The summed E-state index contributed by atoms with van der Waals surface area (Å²) in [6.07, 6.45) is 2.51. The largest absolute Gasteiger partial charge is 0.323 e. The molecule has 3 rings (SSSR count). The molecule has 2 heterocycles. The van der Waals surface area contributed by atoms with Gasteiger partial charge in [-0.05, 0) is 63.0 Å². The Morgan fingerprint density at radius 3 is 2.80 bits per heavy atom. The van der Waals surface area contributed by atoms with Gasteiger partial charge in [-0.25, -0.2) is 4.79 Å². The third-order valence-electron chi connectivity index (χ3n) is 4.21. The van der Waals surface area contributed by atoms with Crippen LogP contribution in [0.1, 0.15) is 31.4 Å². The van der Waals surface area contributed by atoms with Crippen LogP contribution in [0.2, 0.25) is 0 Å². The van der Waals surface area contributed by atoms with Crippen LogP contribution in [0.4, 0.5) is 0 Å². The number of piperidine rings is 1. The van der Waals surface area contributed by atoms with Crippen molar-refractivity contribution in [1.82, 2.24) is 20.6 Å². The summed E-state index contributed by atoms with van der Waals surface area (Å²) in [5, 5.41) is 7.00. The summed E-state index contributed by atoms with van der Waals surface area (Å²) in [5.74, 6) is 0.773. The summed E-state index contributed by atoms with van der Waals surface area (Å²) in [5.41, 5.74) is 2.81. The van der Waals surface area contributed by atoms with E-state index in [0.29, 0.717) is 6.04 Å². The first-order valence-electron chi connectivity index (χ1n) is 7.38. The number of H-pyrrole nitrogens is 2. The van der Waals surface area contributed by atoms with Gasteiger partial charge >= 0.3 is 5.69 Å². The lowest BCUT2D eigenvalue weighted by Gasteiger charge is -2.25. The summed E-state index contributed by atoms with van der Waals surface area (Å²) in [6.45, 7) is 5.51. The summed E-state index contributed by atoms with van der Waals surface area (Å²) in [6, 6.07) is 6.39. The predicted octanol–water partition coefficient (Wildman–Crippen LogP) is 1.51. The van der Waals surface area contributed by atoms with E-state index in [1.165, 1.54) is 18.4 Å². The topological polar surface area (TPSA) is 72.7 Å². The van der Waals surface area contributed by atoms with E-state index in [1.54, 1.807) is 0 Å². The van der Waals surface area contributed by atoms with Gasteiger partial charge in [-0.2, -0.15) is 0 Å². The first kappa shape index (κ1) is 13.4. The fraction of sp³-hybridized carbons (Fsp3) is 0.533. The molecule has 0 bridgehead atoms. The molecule has 0 aliphatic carbocycles. The predicted molar refractivity (Wildman–Crippen MR) is 80.9 cm³/mol. The average molecular weight is 274 g/mol. The van der Waals surface area contributed by atoms with Crippen molar-refractivity contribution in [3.63, 3.8) is 0 Å². The van der Waals surface area contributed by atoms with E-state index in [-0.39, 0.29) is 5.69 Å². The van der Waals surface area contributed by atoms with Crippen molar-refractivity contribution >= 4 is 11.0 Å². The van der Waals surface area contributed by atoms with Gasteiger partial charge < -0.3 is 20.6 Å². The lowest BCUT2D eigenvalue weighted by atomic mass is 9.97. The van der Waals surface area contributed by atoms with E-state index in [9.17, 15) is 4.79 Å². The molecule has 0 radical (unpaired) electrons. The lowest BCUT2D eigenvalue weighted by molar-refractivity contribution is 0.345. The van der Waals surface area contributed by atoms with Gasteiger partial charge in [-0.1, -0.05) is 6.07 Å². The Labute approximate surface area is 118 Å². The minimum Gasteiger partial charge on any atom is -0.317 e. The summed E-state index contributed by atoms with van der Waals surface area (Å²) in [7, 11) is 0. The highest BCUT2D eigenvalue weighted by Gasteiger charge is 2.14. The van der Waals surface area contributed by atoms with Crippen molar-refractivity contribution in [2.24, 2.45) is 5.92 Å². The second kappa shape index (κ2) is 5.81. The molecule has 5 heteroatoms. The van der Waals surface area contributed by atoms with E-state index in [0.717, 1.165) is 36.6 Å². The van der Waals surface area contributed by atoms with Crippen molar-refractivity contribution in [3.8, 4) is 0 Å². The van der Waals surface area contributed by atoms with E-state index >= 15 is 0 Å². The first-order chi connectivity index (χ1) is 9.72. The molecule has 4 N–H and O–H groups in total. The number of rotatable bonds is 4. The maximum absolute atomic E-state index is 11.3. The highest BCUT2D eigenvalue weighted by atomic mass is 16.1. The van der Waals surface area contributed by atoms with Crippen LogP contribution in [0.5, 0.6) is 0 Å². The lowest BCUT2D eigenvalue weighted by Crippen LogP contribution is -2.34. The molecular weight excluding hydrogens is 252 g/mol. The molecule has 0 spiro atoms. The molecule has 2 aromatic rings. The fourth-order valence-corrected chi connectivity index (χ4v) is 2.87. The molecule has 1 aliphatic heterocycles. The van der Waals surface area contributed by atoms with Crippen molar-refractivity contribution in [2.75, 3.05) is 19.6 Å². The Morgan fingerprint density at radius 1 is 1.25 bits per heavy atom. The quantitative estimate of drug-likeness (QED) is 0.683. The molecular formula is C15H22N4O. The molecule has 5 nitrogen and oxygen atoms in total. The fourth-order valence-electron chi connectivity index (χ4n) is 2.87. The van der Waals surface area contributed by atoms with Crippen molar-refractivity contribution < 1.29 is 0 Å². The van der Waals surface area contributed by atoms with Crippen LogP contribution in [0.25, 0.3) is 11.0 Å². The van der Waals surface area contributed by atoms with Crippen LogP contribution in [-0.4, -0.2) is 29.6 Å². The van der Waals surface area contributed by atoms with Gasteiger partial charge in [-0.15, -0.1) is 0 Å². The Morgan fingerprint density at radius 2 is 2.00 bits per heavy atom. The van der Waals surface area contributed by atoms with E-state index < -0.39 is 0 Å². The molecule has 1 aliphatic rings. The highest BCUT2D eigenvalue weighted by molar-refractivity contribution is 5.75. The Kier molecular flexibility index (Phi) is 3.89. The van der Waals surface area contributed by atoms with Gasteiger partial charge in [0.15, 0.2) is 0 Å². The maximum Gasteiger partial charge on any atom is 0.323 e. The third kappa shape index (κ3) is 2.94. The molecule has 1 aromatic carbocycles. The smallest absolute Gasteiger partial charge is 0.317 e. The zero-order chi connectivity index (χ0) is 13.9. The summed E-state index contributed by atoms with van der Waals surface area (Å²) in [4.78, 5) is 16.9. The van der Waals surface area contributed by atoms with E-state index in [1.807, 2.05) is 12.1 Å². The number of imidazole rings is 1. The van der Waals surface area contributed by atoms with Crippen LogP contribution >= 0.6 is 0 Å². The zero-order valence-corrected chi connectivity index (χ0v) is 11.8. The second-order valence-corrected chi connectivity index (χ2v) is 5.71. The number of benzene rings is 1. The normalized spacial score (nSPS) is 18.4. The number of nitrogens with one attached hydrogen (secondary N) is 4. The van der Waals surface area contributed by atoms with E-state index in [4.69, 9.17) is 0 Å². The standard InChI is InChI=1S/C15H22N4O/c1-10(17-9-11-4-6-16-7-5-11)12-2-3-13-14(8-12)19-15(20)18-13/h2-3,8,10-11,16-17H,4-7,9H2,1H3,(H2,18,19,20). The summed E-state index contributed by atoms with van der Waals surface area (Å²) < 4.78 is 0. The van der Waals surface area contributed by atoms with Gasteiger partial charge in [0.05, 0.1) is 11.0 Å². The molecule has 1 unspecified atom stereocenters. The summed E-state index contributed by atoms with van der Waals surface area (Å²) >= 11 is 0. The molecule has 0 amide bonds. The number of fused-ring (bicyclic) bond motifs is 1. The second-order valence-electron chi connectivity index (χ2n) is 5.71. The monoisotopic (exact) mass is 274 g/mol. The van der Waals surface area contributed by atoms with Crippen LogP contribution in [0.15, 0.2) is 23.0 Å². The van der Waals surface area contributed by atoms with Crippen LogP contribution < -0.4 is 16.3 Å². The maximum atomic E-state index is 11.3. The highest BCUT2D eigenvalue weighted by Crippen LogP contribution is 2.18. The molecule has 1 fully saturated rings.